The van der Waals surface area contributed by atoms with E-state index < -0.39 is 0 Å². The van der Waals surface area contributed by atoms with E-state index in [9.17, 15) is 0 Å². The maximum Gasteiger partial charge on any atom is 0.0874 e. The normalized spacial score (nSPS) is 11.7. The largest absolute Gasteiger partial charge is 0.306 e. The number of hydrogen-bond donors (Lipinski definition) is 0. The fourth-order valence-electron chi connectivity index (χ4n) is 3.00. The maximum atomic E-state index is 4.87. The van der Waals surface area contributed by atoms with Crippen LogP contribution in [0.4, 0.5) is 0 Å². The molecule has 4 aromatic rings. The Morgan fingerprint density at radius 1 is 0.900 bits per heavy atom. The third kappa shape index (κ3) is 1.54. The standard InChI is InChI=1S/C18H16N2/c1-2-7-14-18-12-13-8-3-5-10-16(13)20(18)17-11-6-4-9-15(17)19-14/h3-6,8-12H,2,7H2,1H3. The third-order valence-corrected chi connectivity index (χ3v) is 3.87. The van der Waals surface area contributed by atoms with Gasteiger partial charge in [-0.1, -0.05) is 43.7 Å². The Labute approximate surface area is 117 Å². The van der Waals surface area contributed by atoms with Crippen LogP contribution >= 0.6 is 0 Å². The minimum absolute atomic E-state index is 1.02. The predicted octanol–water partition coefficient (Wildman–Crippen LogP) is 4.59. The van der Waals surface area contributed by atoms with Crippen LogP contribution < -0.4 is 0 Å². The highest BCUT2D eigenvalue weighted by atomic mass is 14.9. The number of hydrogen-bond acceptors (Lipinski definition) is 1. The van der Waals surface area contributed by atoms with E-state index in [1.165, 1.54) is 27.6 Å². The average molecular weight is 260 g/mol. The van der Waals surface area contributed by atoms with Gasteiger partial charge < -0.3 is 4.40 Å². The molecule has 0 atom stereocenters. The Hall–Kier alpha value is -2.35. The zero-order valence-corrected chi connectivity index (χ0v) is 11.5. The smallest absolute Gasteiger partial charge is 0.0874 e. The van der Waals surface area contributed by atoms with Crippen molar-refractivity contribution in [3.63, 3.8) is 0 Å². The fraction of sp³-hybridized carbons (Fsp3) is 0.167. The molecular formula is C18H16N2. The summed E-state index contributed by atoms with van der Waals surface area (Å²) in [5, 5.41) is 1.28. The van der Waals surface area contributed by atoms with Gasteiger partial charge in [0, 0.05) is 5.39 Å². The minimum atomic E-state index is 1.02. The zero-order valence-electron chi connectivity index (χ0n) is 11.5. The Morgan fingerprint density at radius 3 is 2.50 bits per heavy atom. The number of rotatable bonds is 2. The molecule has 2 aromatic heterocycles. The number of para-hydroxylation sites is 3. The van der Waals surface area contributed by atoms with Crippen LogP contribution in [0.25, 0.3) is 27.5 Å². The third-order valence-electron chi connectivity index (χ3n) is 3.87. The monoisotopic (exact) mass is 260 g/mol. The van der Waals surface area contributed by atoms with Crippen molar-refractivity contribution in [1.82, 2.24) is 9.38 Å². The molecule has 0 amide bonds. The van der Waals surface area contributed by atoms with Crippen LogP contribution in [0.15, 0.2) is 54.6 Å². The molecule has 0 radical (unpaired) electrons. The van der Waals surface area contributed by atoms with Gasteiger partial charge in [0.1, 0.15) is 0 Å². The predicted molar refractivity (Wildman–Crippen MR) is 84.2 cm³/mol. The van der Waals surface area contributed by atoms with Gasteiger partial charge in [0.2, 0.25) is 0 Å². The first-order valence-corrected chi connectivity index (χ1v) is 7.16. The fourth-order valence-corrected chi connectivity index (χ4v) is 3.00. The van der Waals surface area contributed by atoms with Crippen LogP contribution in [0.5, 0.6) is 0 Å². The number of fused-ring (bicyclic) bond motifs is 5. The summed E-state index contributed by atoms with van der Waals surface area (Å²) in [5.41, 5.74) is 5.96. The molecular weight excluding hydrogens is 244 g/mol. The number of aromatic nitrogens is 2. The molecule has 0 saturated heterocycles. The Balaban J connectivity index is 2.27. The second-order valence-corrected chi connectivity index (χ2v) is 5.22. The average Bonchev–Trinajstić information content (AvgIpc) is 2.88. The van der Waals surface area contributed by atoms with Gasteiger partial charge in [-0.05, 0) is 30.7 Å². The molecule has 0 fully saturated rings. The molecule has 2 heteroatoms. The molecule has 0 saturated carbocycles. The second-order valence-electron chi connectivity index (χ2n) is 5.22. The van der Waals surface area contributed by atoms with Crippen molar-refractivity contribution in [2.75, 3.05) is 0 Å². The molecule has 4 rings (SSSR count). The number of aryl methyl sites for hydroxylation is 1. The quantitative estimate of drug-likeness (QED) is 0.515. The highest BCUT2D eigenvalue weighted by molar-refractivity contribution is 5.93. The molecule has 2 heterocycles. The van der Waals surface area contributed by atoms with Gasteiger partial charge in [0.15, 0.2) is 0 Å². The summed E-state index contributed by atoms with van der Waals surface area (Å²) in [5.74, 6) is 0. The molecule has 2 nitrogen and oxygen atoms in total. The molecule has 2 aromatic carbocycles. The van der Waals surface area contributed by atoms with E-state index in [1.54, 1.807) is 0 Å². The Kier molecular flexibility index (Phi) is 2.49. The van der Waals surface area contributed by atoms with Gasteiger partial charge in [0.25, 0.3) is 0 Å². The SMILES string of the molecule is CCCc1nc2ccccc2n2c1cc1ccccc12. The van der Waals surface area contributed by atoms with Gasteiger partial charge in [-0.2, -0.15) is 0 Å². The van der Waals surface area contributed by atoms with Crippen LogP contribution in [0.1, 0.15) is 19.0 Å². The zero-order chi connectivity index (χ0) is 13.5. The first kappa shape index (κ1) is 11.5. The molecule has 0 spiro atoms. The van der Waals surface area contributed by atoms with E-state index in [1.807, 2.05) is 0 Å². The Bertz CT molecular complexity index is 919. The lowest BCUT2D eigenvalue weighted by Gasteiger charge is -2.08. The highest BCUT2D eigenvalue weighted by Crippen LogP contribution is 2.27. The van der Waals surface area contributed by atoms with Crippen molar-refractivity contribution < 1.29 is 0 Å². The summed E-state index contributed by atoms with van der Waals surface area (Å²) >= 11 is 0. The van der Waals surface area contributed by atoms with Crippen LogP contribution in [0.2, 0.25) is 0 Å². The second kappa shape index (κ2) is 4.34. The van der Waals surface area contributed by atoms with Crippen molar-refractivity contribution in [3.05, 3.63) is 60.3 Å². The lowest BCUT2D eigenvalue weighted by molar-refractivity contribution is 0.891. The Morgan fingerprint density at radius 2 is 1.65 bits per heavy atom. The molecule has 0 N–H and O–H groups in total. The van der Waals surface area contributed by atoms with Crippen molar-refractivity contribution in [3.8, 4) is 0 Å². The summed E-state index contributed by atoms with van der Waals surface area (Å²) in [7, 11) is 0. The lowest BCUT2D eigenvalue weighted by atomic mass is 10.2. The summed E-state index contributed by atoms with van der Waals surface area (Å²) in [6.07, 6.45) is 2.13. The number of benzene rings is 2. The van der Waals surface area contributed by atoms with Gasteiger partial charge in [-0.25, -0.2) is 4.98 Å². The number of nitrogens with zero attached hydrogens (tertiary/aromatic N) is 2. The van der Waals surface area contributed by atoms with E-state index in [-0.39, 0.29) is 0 Å². The van der Waals surface area contributed by atoms with Crippen LogP contribution in [-0.4, -0.2) is 9.38 Å². The van der Waals surface area contributed by atoms with Crippen LogP contribution in [0.3, 0.4) is 0 Å². The van der Waals surface area contributed by atoms with E-state index in [2.05, 4.69) is 65.9 Å². The highest BCUT2D eigenvalue weighted by Gasteiger charge is 2.11. The van der Waals surface area contributed by atoms with Gasteiger partial charge in [-0.3, -0.25) is 0 Å². The first-order chi connectivity index (χ1) is 9.88. The van der Waals surface area contributed by atoms with Gasteiger partial charge in [0.05, 0.1) is 27.8 Å². The molecule has 0 bridgehead atoms. The summed E-state index contributed by atoms with van der Waals surface area (Å²) in [4.78, 5) is 4.87. The van der Waals surface area contributed by atoms with Crippen LogP contribution in [0, 0.1) is 0 Å². The van der Waals surface area contributed by atoms with Crippen molar-refractivity contribution in [2.45, 2.75) is 19.8 Å². The molecule has 0 aliphatic rings. The maximum absolute atomic E-state index is 4.87. The molecule has 98 valence electrons. The molecule has 0 aliphatic heterocycles. The minimum Gasteiger partial charge on any atom is -0.306 e. The van der Waals surface area contributed by atoms with E-state index >= 15 is 0 Å². The lowest BCUT2D eigenvalue weighted by Crippen LogP contribution is -1.98. The van der Waals surface area contributed by atoms with Crippen molar-refractivity contribution in [1.29, 1.82) is 0 Å². The topological polar surface area (TPSA) is 17.3 Å². The van der Waals surface area contributed by atoms with Gasteiger partial charge >= 0.3 is 0 Å². The van der Waals surface area contributed by atoms with E-state index in [0.717, 1.165) is 18.4 Å². The first-order valence-electron chi connectivity index (χ1n) is 7.16. The molecule has 20 heavy (non-hydrogen) atoms. The van der Waals surface area contributed by atoms with Crippen molar-refractivity contribution in [2.24, 2.45) is 0 Å². The molecule has 0 aliphatic carbocycles. The summed E-state index contributed by atoms with van der Waals surface area (Å²) < 4.78 is 2.35. The molecule has 0 unspecified atom stereocenters. The van der Waals surface area contributed by atoms with Gasteiger partial charge in [-0.15, -0.1) is 0 Å². The van der Waals surface area contributed by atoms with E-state index in [0.29, 0.717) is 0 Å². The van der Waals surface area contributed by atoms with Crippen molar-refractivity contribution >= 4 is 27.5 Å². The summed E-state index contributed by atoms with van der Waals surface area (Å²) in [6.45, 7) is 2.20. The summed E-state index contributed by atoms with van der Waals surface area (Å²) in [6, 6.07) is 19.2. The van der Waals surface area contributed by atoms with Crippen LogP contribution in [-0.2, 0) is 6.42 Å². The van der Waals surface area contributed by atoms with E-state index in [4.69, 9.17) is 4.98 Å².